The zero-order valence-electron chi connectivity index (χ0n) is 14.0. The van der Waals surface area contributed by atoms with Crippen molar-refractivity contribution >= 4 is 34.3 Å². The molecular formula is C22H19ClN2. The summed E-state index contributed by atoms with van der Waals surface area (Å²) < 4.78 is 0. The third-order valence-electron chi connectivity index (χ3n) is 5.41. The summed E-state index contributed by atoms with van der Waals surface area (Å²) >= 11 is 6.17. The summed E-state index contributed by atoms with van der Waals surface area (Å²) in [6.45, 7) is 0.872. The molecule has 1 saturated carbocycles. The molecule has 0 amide bonds. The maximum Gasteiger partial charge on any atom is 0.0710 e. The Hall–Kier alpha value is -2.32. The molecule has 25 heavy (non-hydrogen) atoms. The number of anilines is 1. The minimum Gasteiger partial charge on any atom is -0.340 e. The highest BCUT2D eigenvalue weighted by molar-refractivity contribution is 6.31. The lowest BCUT2D eigenvalue weighted by Gasteiger charge is -2.39. The van der Waals surface area contributed by atoms with Crippen LogP contribution in [0.2, 0.25) is 5.02 Å². The van der Waals surface area contributed by atoms with Gasteiger partial charge in [-0.3, -0.25) is 0 Å². The zero-order valence-corrected chi connectivity index (χ0v) is 14.7. The summed E-state index contributed by atoms with van der Waals surface area (Å²) in [5, 5.41) is 1.87. The molecule has 0 atom stereocenters. The van der Waals surface area contributed by atoms with E-state index in [1.165, 1.54) is 36.2 Å². The Morgan fingerprint density at radius 3 is 2.60 bits per heavy atom. The third kappa shape index (κ3) is 2.61. The van der Waals surface area contributed by atoms with Crippen molar-refractivity contribution in [1.29, 1.82) is 0 Å². The van der Waals surface area contributed by atoms with Crippen molar-refractivity contribution < 1.29 is 0 Å². The number of hydrogen-bond acceptors (Lipinski definition) is 2. The second kappa shape index (κ2) is 5.89. The Morgan fingerprint density at radius 1 is 1.00 bits per heavy atom. The first kappa shape index (κ1) is 15.0. The Morgan fingerprint density at radius 2 is 1.84 bits per heavy atom. The van der Waals surface area contributed by atoms with Gasteiger partial charge >= 0.3 is 0 Å². The monoisotopic (exact) mass is 346 g/mol. The van der Waals surface area contributed by atoms with E-state index in [-0.39, 0.29) is 0 Å². The van der Waals surface area contributed by atoms with Crippen molar-refractivity contribution in [2.24, 2.45) is 5.92 Å². The van der Waals surface area contributed by atoms with Crippen LogP contribution in [0.15, 0.2) is 60.3 Å². The molecule has 0 N–H and O–H groups in total. The van der Waals surface area contributed by atoms with Crippen LogP contribution in [0, 0.1) is 5.92 Å². The van der Waals surface area contributed by atoms with Gasteiger partial charge in [-0.2, -0.15) is 0 Å². The van der Waals surface area contributed by atoms with Crippen molar-refractivity contribution in [1.82, 2.24) is 4.98 Å². The van der Waals surface area contributed by atoms with Gasteiger partial charge in [-0.1, -0.05) is 36.2 Å². The molecule has 0 unspecified atom stereocenters. The molecular weight excluding hydrogens is 328 g/mol. The van der Waals surface area contributed by atoms with E-state index in [4.69, 9.17) is 16.6 Å². The maximum atomic E-state index is 6.17. The number of pyridine rings is 1. The second-order valence-corrected chi connectivity index (χ2v) is 7.42. The number of benzene rings is 2. The van der Waals surface area contributed by atoms with Gasteiger partial charge in [0.25, 0.3) is 0 Å². The molecule has 2 nitrogen and oxygen atoms in total. The summed E-state index contributed by atoms with van der Waals surface area (Å²) in [5.41, 5.74) is 6.08. The Kier molecular flexibility index (Phi) is 3.53. The molecule has 0 spiro atoms. The lowest BCUT2D eigenvalue weighted by atomic mass is 9.80. The van der Waals surface area contributed by atoms with Gasteiger partial charge in [-0.05, 0) is 66.8 Å². The van der Waals surface area contributed by atoms with Crippen LogP contribution in [0.25, 0.3) is 17.0 Å². The fraction of sp³-hybridized carbons (Fsp3) is 0.227. The molecule has 2 aliphatic rings. The predicted molar refractivity (Wildman–Crippen MR) is 105 cm³/mol. The van der Waals surface area contributed by atoms with E-state index in [2.05, 4.69) is 47.4 Å². The average molecular weight is 347 g/mol. The summed E-state index contributed by atoms with van der Waals surface area (Å²) in [7, 11) is 0. The summed E-state index contributed by atoms with van der Waals surface area (Å²) in [4.78, 5) is 7.38. The van der Waals surface area contributed by atoms with Crippen LogP contribution in [0.5, 0.6) is 0 Å². The summed E-state index contributed by atoms with van der Waals surface area (Å²) in [6.07, 6.45) is 6.21. The molecule has 0 radical (unpaired) electrons. The number of fused-ring (bicyclic) bond motifs is 2. The van der Waals surface area contributed by atoms with Gasteiger partial charge in [-0.25, -0.2) is 4.98 Å². The maximum absolute atomic E-state index is 6.17. The van der Waals surface area contributed by atoms with Gasteiger partial charge in [0.05, 0.1) is 11.2 Å². The highest BCUT2D eigenvalue weighted by Gasteiger charge is 2.30. The van der Waals surface area contributed by atoms with E-state index >= 15 is 0 Å². The molecule has 124 valence electrons. The molecule has 2 aromatic carbocycles. The average Bonchev–Trinajstić information content (AvgIpc) is 2.59. The Balaban J connectivity index is 1.65. The number of para-hydroxylation sites is 1. The van der Waals surface area contributed by atoms with Crippen LogP contribution in [0.4, 0.5) is 5.69 Å². The van der Waals surface area contributed by atoms with Crippen LogP contribution in [0.3, 0.4) is 0 Å². The Bertz CT molecular complexity index is 974. The van der Waals surface area contributed by atoms with Crippen molar-refractivity contribution in [3.63, 3.8) is 0 Å². The zero-order chi connectivity index (χ0) is 16.8. The van der Waals surface area contributed by atoms with Crippen molar-refractivity contribution in [2.45, 2.75) is 25.8 Å². The number of allylic oxidation sites excluding steroid dienone is 1. The van der Waals surface area contributed by atoms with Crippen LogP contribution >= 0.6 is 11.6 Å². The van der Waals surface area contributed by atoms with E-state index in [9.17, 15) is 0 Å². The lowest BCUT2D eigenvalue weighted by molar-refractivity contribution is 0.360. The predicted octanol–water partition coefficient (Wildman–Crippen LogP) is 6.05. The van der Waals surface area contributed by atoms with Gasteiger partial charge in [0.15, 0.2) is 0 Å². The number of aromatic nitrogens is 1. The number of rotatable bonds is 2. The van der Waals surface area contributed by atoms with Gasteiger partial charge < -0.3 is 4.90 Å². The molecule has 3 aromatic rings. The highest BCUT2D eigenvalue weighted by Crippen LogP contribution is 2.41. The molecule has 0 saturated heterocycles. The minimum atomic E-state index is 0.663. The standard InChI is InChI=1S/C22H19ClN2/c23-18-9-10-20-16(12-18)11-17-14-25(19-7-2-1-3-8-19)22(13-21(17)24-20)15-5-4-6-15/h1-3,7-13,15H,4-6,14H2. The topological polar surface area (TPSA) is 16.1 Å². The van der Waals surface area contributed by atoms with Gasteiger partial charge in [0.2, 0.25) is 0 Å². The molecule has 5 rings (SSSR count). The normalized spacial score (nSPS) is 17.2. The molecule has 0 bridgehead atoms. The van der Waals surface area contributed by atoms with E-state index in [1.807, 2.05) is 18.2 Å². The highest BCUT2D eigenvalue weighted by atomic mass is 35.5. The lowest BCUT2D eigenvalue weighted by Crippen LogP contribution is -2.32. The molecule has 1 aromatic heterocycles. The van der Waals surface area contributed by atoms with Gasteiger partial charge in [0, 0.05) is 28.3 Å². The molecule has 1 aliphatic heterocycles. The van der Waals surface area contributed by atoms with E-state index < -0.39 is 0 Å². The fourth-order valence-corrected chi connectivity index (χ4v) is 4.01. The summed E-state index contributed by atoms with van der Waals surface area (Å²) in [6, 6.07) is 18.9. The first-order valence-electron chi connectivity index (χ1n) is 8.91. The number of hydrogen-bond donors (Lipinski definition) is 0. The molecule has 1 aliphatic carbocycles. The fourth-order valence-electron chi connectivity index (χ4n) is 3.83. The first-order valence-corrected chi connectivity index (χ1v) is 9.29. The van der Waals surface area contributed by atoms with Crippen LogP contribution in [-0.4, -0.2) is 4.98 Å². The SMILES string of the molecule is Clc1ccc2nc3c(cc2c1)CN(c1ccccc1)C(C1CCC1)=C3. The van der Waals surface area contributed by atoms with E-state index in [0.717, 1.165) is 28.2 Å². The quantitative estimate of drug-likeness (QED) is 0.561. The van der Waals surface area contributed by atoms with E-state index in [0.29, 0.717) is 5.92 Å². The van der Waals surface area contributed by atoms with Crippen LogP contribution in [0.1, 0.15) is 30.5 Å². The largest absolute Gasteiger partial charge is 0.340 e. The number of halogens is 1. The molecule has 1 fully saturated rings. The van der Waals surface area contributed by atoms with Crippen molar-refractivity contribution in [3.8, 4) is 0 Å². The second-order valence-electron chi connectivity index (χ2n) is 6.99. The number of nitrogens with zero attached hydrogens (tertiary/aromatic N) is 2. The van der Waals surface area contributed by atoms with E-state index in [1.54, 1.807) is 0 Å². The van der Waals surface area contributed by atoms with Crippen LogP contribution < -0.4 is 4.90 Å². The van der Waals surface area contributed by atoms with Gasteiger partial charge in [0.1, 0.15) is 0 Å². The molecule has 2 heterocycles. The van der Waals surface area contributed by atoms with Crippen molar-refractivity contribution in [2.75, 3.05) is 4.90 Å². The third-order valence-corrected chi connectivity index (χ3v) is 5.64. The Labute approximate surface area is 152 Å². The van der Waals surface area contributed by atoms with Gasteiger partial charge in [-0.15, -0.1) is 0 Å². The van der Waals surface area contributed by atoms with Crippen molar-refractivity contribution in [3.05, 3.63) is 76.6 Å². The first-order chi connectivity index (χ1) is 12.3. The smallest absolute Gasteiger partial charge is 0.0710 e. The van der Waals surface area contributed by atoms with Crippen LogP contribution in [-0.2, 0) is 6.54 Å². The molecule has 3 heteroatoms. The minimum absolute atomic E-state index is 0.663. The summed E-state index contributed by atoms with van der Waals surface area (Å²) in [5.74, 6) is 0.663.